The van der Waals surface area contributed by atoms with Crippen molar-refractivity contribution < 1.29 is 9.59 Å². The number of carbonyl (C=O) groups is 2. The van der Waals surface area contributed by atoms with Crippen molar-refractivity contribution in [2.45, 2.75) is 33.1 Å². The molecule has 108 valence electrons. The monoisotopic (exact) mass is 339 g/mol. The van der Waals surface area contributed by atoms with Crippen LogP contribution in [0.15, 0.2) is 33.8 Å². The maximum absolute atomic E-state index is 11.7. The molecule has 0 unspecified atom stereocenters. The fourth-order valence-electron chi connectivity index (χ4n) is 1.40. The lowest BCUT2D eigenvalue weighted by molar-refractivity contribution is -0.121. The predicted molar refractivity (Wildman–Crippen MR) is 83.5 cm³/mol. The van der Waals surface area contributed by atoms with Gasteiger partial charge in [0.25, 0.3) is 0 Å². The topological polar surface area (TPSA) is 70.6 Å². The van der Waals surface area contributed by atoms with Gasteiger partial charge in [0.15, 0.2) is 0 Å². The van der Waals surface area contributed by atoms with Crippen molar-refractivity contribution >= 4 is 39.1 Å². The van der Waals surface area contributed by atoms with E-state index in [4.69, 9.17) is 0 Å². The van der Waals surface area contributed by atoms with E-state index in [9.17, 15) is 9.59 Å². The molecule has 1 aromatic carbocycles. The number of benzene rings is 1. The second-order valence-electron chi connectivity index (χ2n) is 4.50. The van der Waals surface area contributed by atoms with Gasteiger partial charge in [-0.1, -0.05) is 15.9 Å². The number of halogens is 1. The minimum Gasteiger partial charge on any atom is -0.326 e. The van der Waals surface area contributed by atoms with Gasteiger partial charge in [-0.05, 0) is 44.5 Å². The van der Waals surface area contributed by atoms with Crippen LogP contribution in [-0.4, -0.2) is 17.5 Å². The molecular weight excluding hydrogens is 322 g/mol. The molecule has 0 radical (unpaired) electrons. The Balaban J connectivity index is 2.25. The van der Waals surface area contributed by atoms with Crippen molar-refractivity contribution in [3.8, 4) is 0 Å². The molecule has 0 aliphatic rings. The highest BCUT2D eigenvalue weighted by atomic mass is 79.9. The van der Waals surface area contributed by atoms with Crippen LogP contribution in [0.5, 0.6) is 0 Å². The highest BCUT2D eigenvalue weighted by Gasteiger charge is 2.05. The highest BCUT2D eigenvalue weighted by molar-refractivity contribution is 9.10. The maximum atomic E-state index is 11.7. The van der Waals surface area contributed by atoms with Gasteiger partial charge >= 0.3 is 0 Å². The van der Waals surface area contributed by atoms with E-state index in [1.807, 2.05) is 24.3 Å². The summed E-state index contributed by atoms with van der Waals surface area (Å²) in [6.45, 7) is 3.60. The minimum absolute atomic E-state index is 0.102. The van der Waals surface area contributed by atoms with Gasteiger partial charge in [0.2, 0.25) is 11.8 Å². The molecule has 2 N–H and O–H groups in total. The van der Waals surface area contributed by atoms with Crippen molar-refractivity contribution in [2.24, 2.45) is 5.10 Å². The van der Waals surface area contributed by atoms with E-state index in [0.717, 1.165) is 15.9 Å². The fourth-order valence-corrected chi connectivity index (χ4v) is 1.66. The second kappa shape index (κ2) is 8.47. The first-order valence-corrected chi connectivity index (χ1v) is 7.12. The average Bonchev–Trinajstić information content (AvgIpc) is 2.39. The van der Waals surface area contributed by atoms with Gasteiger partial charge in [-0.3, -0.25) is 9.59 Å². The zero-order valence-electron chi connectivity index (χ0n) is 11.6. The summed E-state index contributed by atoms with van der Waals surface area (Å²) < 4.78 is 0.957. The number of amides is 2. The number of carbonyl (C=O) groups excluding carboxylic acids is 2. The molecule has 1 aromatic rings. The van der Waals surface area contributed by atoms with Crippen LogP contribution in [0.25, 0.3) is 0 Å². The third-order valence-electron chi connectivity index (χ3n) is 2.34. The molecule has 0 bridgehead atoms. The van der Waals surface area contributed by atoms with Crippen LogP contribution in [0.2, 0.25) is 0 Å². The highest BCUT2D eigenvalue weighted by Crippen LogP contribution is 2.14. The Morgan fingerprint density at radius 2 is 1.70 bits per heavy atom. The normalized spacial score (nSPS) is 9.75. The van der Waals surface area contributed by atoms with Crippen LogP contribution in [0.4, 0.5) is 5.69 Å². The summed E-state index contributed by atoms with van der Waals surface area (Å²) in [5.74, 6) is -0.280. The molecule has 0 aliphatic heterocycles. The van der Waals surface area contributed by atoms with Crippen LogP contribution < -0.4 is 10.7 Å². The summed E-state index contributed by atoms with van der Waals surface area (Å²) >= 11 is 3.33. The van der Waals surface area contributed by atoms with Gasteiger partial charge < -0.3 is 5.32 Å². The summed E-state index contributed by atoms with van der Waals surface area (Å²) in [6, 6.07) is 7.34. The first kappa shape index (κ1) is 16.4. The van der Waals surface area contributed by atoms with Crippen LogP contribution in [0, 0.1) is 0 Å². The maximum Gasteiger partial charge on any atom is 0.240 e. The van der Waals surface area contributed by atoms with Crippen molar-refractivity contribution in [1.82, 2.24) is 5.43 Å². The molecule has 6 heteroatoms. The Kier molecular flexibility index (Phi) is 6.93. The van der Waals surface area contributed by atoms with E-state index in [2.05, 4.69) is 31.8 Å². The van der Waals surface area contributed by atoms with Gasteiger partial charge in [-0.2, -0.15) is 5.10 Å². The van der Waals surface area contributed by atoms with Crippen molar-refractivity contribution in [3.05, 3.63) is 28.7 Å². The van der Waals surface area contributed by atoms with Crippen molar-refractivity contribution in [2.75, 3.05) is 5.32 Å². The Morgan fingerprint density at radius 3 is 2.30 bits per heavy atom. The molecule has 0 fully saturated rings. The molecule has 0 saturated heterocycles. The fraction of sp³-hybridized carbons (Fsp3) is 0.357. The smallest absolute Gasteiger partial charge is 0.240 e. The van der Waals surface area contributed by atoms with Crippen LogP contribution in [0.3, 0.4) is 0 Å². The number of nitrogens with one attached hydrogen (secondary N) is 2. The Morgan fingerprint density at radius 1 is 1.10 bits per heavy atom. The molecule has 0 atom stereocenters. The third kappa shape index (κ3) is 7.04. The summed E-state index contributed by atoms with van der Waals surface area (Å²) in [5, 5.41) is 6.58. The van der Waals surface area contributed by atoms with E-state index in [-0.39, 0.29) is 18.2 Å². The Hall–Kier alpha value is -1.69. The quantitative estimate of drug-likeness (QED) is 0.617. The zero-order chi connectivity index (χ0) is 15.0. The molecule has 5 nitrogen and oxygen atoms in total. The largest absolute Gasteiger partial charge is 0.326 e. The standard InChI is InChI=1S/C14H18BrN3O2/c1-10(2)17-18-14(20)5-3-4-13(19)16-12-8-6-11(15)7-9-12/h6-9H,3-5H2,1-2H3,(H,16,19)(H,18,20). The molecule has 20 heavy (non-hydrogen) atoms. The molecule has 0 aromatic heterocycles. The lowest BCUT2D eigenvalue weighted by Gasteiger charge is -2.05. The molecule has 0 heterocycles. The van der Waals surface area contributed by atoms with E-state index >= 15 is 0 Å². The van der Waals surface area contributed by atoms with Gasteiger partial charge in [-0.25, -0.2) is 5.43 Å². The van der Waals surface area contributed by atoms with Crippen LogP contribution in [-0.2, 0) is 9.59 Å². The molecule has 2 amide bonds. The van der Waals surface area contributed by atoms with E-state index < -0.39 is 0 Å². The Labute approximate surface area is 127 Å². The molecule has 0 aliphatic carbocycles. The first-order chi connectivity index (χ1) is 9.47. The van der Waals surface area contributed by atoms with E-state index in [1.165, 1.54) is 0 Å². The molecule has 0 saturated carbocycles. The van der Waals surface area contributed by atoms with Crippen LogP contribution >= 0.6 is 15.9 Å². The Bertz CT molecular complexity index is 494. The predicted octanol–water partition coefficient (Wildman–Crippen LogP) is 3.07. The van der Waals surface area contributed by atoms with Gasteiger partial charge in [0.05, 0.1) is 0 Å². The van der Waals surface area contributed by atoms with E-state index in [1.54, 1.807) is 13.8 Å². The van der Waals surface area contributed by atoms with Gasteiger partial charge in [0.1, 0.15) is 0 Å². The van der Waals surface area contributed by atoms with Crippen molar-refractivity contribution in [1.29, 1.82) is 0 Å². The number of hydrogen-bond acceptors (Lipinski definition) is 3. The van der Waals surface area contributed by atoms with Gasteiger partial charge in [0, 0.05) is 28.7 Å². The molecule has 0 spiro atoms. The van der Waals surface area contributed by atoms with Gasteiger partial charge in [-0.15, -0.1) is 0 Å². The molecular formula is C14H18BrN3O2. The summed E-state index contributed by atoms with van der Waals surface area (Å²) in [7, 11) is 0. The number of hydrogen-bond donors (Lipinski definition) is 2. The zero-order valence-corrected chi connectivity index (χ0v) is 13.2. The summed E-state index contributed by atoms with van der Waals surface area (Å²) in [6.07, 6.45) is 1.08. The lowest BCUT2D eigenvalue weighted by atomic mass is 10.2. The molecule has 1 rings (SSSR count). The number of rotatable bonds is 6. The first-order valence-electron chi connectivity index (χ1n) is 6.32. The second-order valence-corrected chi connectivity index (χ2v) is 5.42. The van der Waals surface area contributed by atoms with E-state index in [0.29, 0.717) is 12.8 Å². The van der Waals surface area contributed by atoms with Crippen LogP contribution in [0.1, 0.15) is 33.1 Å². The lowest BCUT2D eigenvalue weighted by Crippen LogP contribution is -2.19. The number of nitrogens with zero attached hydrogens (tertiary/aromatic N) is 1. The average molecular weight is 340 g/mol. The van der Waals surface area contributed by atoms with Crippen molar-refractivity contribution in [3.63, 3.8) is 0 Å². The number of anilines is 1. The minimum atomic E-state index is -0.178. The SMILES string of the molecule is CC(C)=NNC(=O)CCCC(=O)Nc1ccc(Br)cc1. The third-order valence-corrected chi connectivity index (χ3v) is 2.87. The summed E-state index contributed by atoms with van der Waals surface area (Å²) in [4.78, 5) is 23.0. The number of hydrazone groups is 1. The summed E-state index contributed by atoms with van der Waals surface area (Å²) in [5.41, 5.74) is 3.95.